The Morgan fingerprint density at radius 2 is 1.73 bits per heavy atom. The van der Waals surface area contributed by atoms with Gasteiger partial charge in [-0.3, -0.25) is 4.57 Å². The van der Waals surface area contributed by atoms with Gasteiger partial charge >= 0.3 is 12.3 Å². The molecule has 0 fully saturated rings. The second kappa shape index (κ2) is 7.18. The van der Waals surface area contributed by atoms with Crippen LogP contribution in [-0.4, -0.2) is 27.0 Å². The minimum Gasteiger partial charge on any atom is -0.478 e. The van der Waals surface area contributed by atoms with E-state index in [0.717, 1.165) is 12.1 Å². The van der Waals surface area contributed by atoms with Crippen LogP contribution in [0.3, 0.4) is 0 Å². The first-order valence-electron chi connectivity index (χ1n) is 8.58. The summed E-state index contributed by atoms with van der Waals surface area (Å²) in [6.07, 6.45) is -3.34. The predicted molar refractivity (Wildman–Crippen MR) is 100 cm³/mol. The van der Waals surface area contributed by atoms with Crippen LogP contribution in [0.1, 0.15) is 10.4 Å². The van der Waals surface area contributed by atoms with E-state index in [1.54, 1.807) is 10.6 Å². The number of carbonyl (C=O) groups is 1. The number of carboxylic acids is 1. The molecular weight excluding hydrogens is 404 g/mol. The van der Waals surface area contributed by atoms with Crippen LogP contribution in [0.15, 0.2) is 67.0 Å². The lowest BCUT2D eigenvalue weighted by Crippen LogP contribution is -2.16. The van der Waals surface area contributed by atoms with Gasteiger partial charge in [-0.2, -0.15) is 0 Å². The molecule has 30 heavy (non-hydrogen) atoms. The van der Waals surface area contributed by atoms with Gasteiger partial charge in [-0.25, -0.2) is 14.2 Å². The van der Waals surface area contributed by atoms with Gasteiger partial charge in [0.05, 0.1) is 16.6 Å². The second-order valence-electron chi connectivity index (χ2n) is 6.36. The average molecular weight is 416 g/mol. The monoisotopic (exact) mass is 416 g/mol. The molecule has 0 unspecified atom stereocenters. The van der Waals surface area contributed by atoms with E-state index in [9.17, 15) is 27.5 Å². The van der Waals surface area contributed by atoms with E-state index >= 15 is 0 Å². The number of halogens is 4. The summed E-state index contributed by atoms with van der Waals surface area (Å²) < 4.78 is 56.8. The SMILES string of the molecule is O=C(O)c1ccc2ncn(-c3ccc(F)c(-c4ccc(OC(F)(F)F)cc4)c3)c2c1. The zero-order chi connectivity index (χ0) is 21.5. The fraction of sp³-hybridized carbons (Fsp3) is 0.0476. The van der Waals surface area contributed by atoms with Crippen LogP contribution in [0.4, 0.5) is 17.6 Å². The molecule has 0 radical (unpaired) electrons. The molecule has 0 amide bonds. The number of ether oxygens (including phenoxy) is 1. The van der Waals surface area contributed by atoms with E-state index in [-0.39, 0.29) is 11.1 Å². The maximum Gasteiger partial charge on any atom is 0.573 e. The first kappa shape index (κ1) is 19.4. The van der Waals surface area contributed by atoms with Gasteiger partial charge in [0, 0.05) is 11.3 Å². The van der Waals surface area contributed by atoms with E-state index in [1.165, 1.54) is 48.8 Å². The number of hydrogen-bond donors (Lipinski definition) is 1. The molecule has 0 saturated carbocycles. The van der Waals surface area contributed by atoms with E-state index in [2.05, 4.69) is 9.72 Å². The van der Waals surface area contributed by atoms with Crippen molar-refractivity contribution >= 4 is 17.0 Å². The number of aromatic nitrogens is 2. The van der Waals surface area contributed by atoms with Gasteiger partial charge in [0.2, 0.25) is 0 Å². The zero-order valence-electron chi connectivity index (χ0n) is 15.0. The molecule has 0 saturated heterocycles. The fourth-order valence-corrected chi connectivity index (χ4v) is 3.07. The lowest BCUT2D eigenvalue weighted by Gasteiger charge is -2.11. The predicted octanol–water partition coefficient (Wildman–Crippen LogP) is 5.43. The van der Waals surface area contributed by atoms with Gasteiger partial charge < -0.3 is 9.84 Å². The van der Waals surface area contributed by atoms with Crippen LogP contribution in [0.5, 0.6) is 5.75 Å². The van der Waals surface area contributed by atoms with Gasteiger partial charge in [0.1, 0.15) is 17.9 Å². The Kier molecular flexibility index (Phi) is 4.65. The van der Waals surface area contributed by atoms with Crippen molar-refractivity contribution < 1.29 is 32.2 Å². The molecule has 5 nitrogen and oxygen atoms in total. The van der Waals surface area contributed by atoms with Crippen LogP contribution in [0, 0.1) is 5.82 Å². The van der Waals surface area contributed by atoms with Crippen molar-refractivity contribution in [3.05, 3.63) is 78.4 Å². The Balaban J connectivity index is 1.75. The lowest BCUT2D eigenvalue weighted by atomic mass is 10.0. The molecule has 152 valence electrons. The first-order valence-corrected chi connectivity index (χ1v) is 8.58. The summed E-state index contributed by atoms with van der Waals surface area (Å²) in [6, 6.07) is 13.5. The van der Waals surface area contributed by atoms with Gasteiger partial charge in [-0.15, -0.1) is 13.2 Å². The largest absolute Gasteiger partial charge is 0.573 e. The molecule has 3 aromatic carbocycles. The van der Waals surface area contributed by atoms with Crippen molar-refractivity contribution in [1.29, 1.82) is 0 Å². The molecule has 9 heteroatoms. The van der Waals surface area contributed by atoms with Crippen molar-refractivity contribution in [2.45, 2.75) is 6.36 Å². The molecule has 4 aromatic rings. The number of nitrogens with zero attached hydrogens (tertiary/aromatic N) is 2. The lowest BCUT2D eigenvalue weighted by molar-refractivity contribution is -0.274. The number of carboxylic acid groups (broad SMARTS) is 1. The highest BCUT2D eigenvalue weighted by Gasteiger charge is 2.31. The zero-order valence-corrected chi connectivity index (χ0v) is 15.0. The normalized spacial score (nSPS) is 11.6. The minimum atomic E-state index is -4.82. The van der Waals surface area contributed by atoms with Crippen LogP contribution in [0.25, 0.3) is 27.8 Å². The number of benzene rings is 3. The summed E-state index contributed by atoms with van der Waals surface area (Å²) in [5.74, 6) is -2.07. The Bertz CT molecular complexity index is 1250. The Labute approximate surface area is 166 Å². The van der Waals surface area contributed by atoms with Crippen molar-refractivity contribution in [1.82, 2.24) is 9.55 Å². The second-order valence-corrected chi connectivity index (χ2v) is 6.36. The molecule has 0 aliphatic rings. The number of imidazole rings is 1. The number of fused-ring (bicyclic) bond motifs is 1. The molecule has 0 bridgehead atoms. The quantitative estimate of drug-likeness (QED) is 0.451. The molecule has 4 rings (SSSR count). The third-order valence-electron chi connectivity index (χ3n) is 4.42. The number of hydrogen-bond acceptors (Lipinski definition) is 3. The highest BCUT2D eigenvalue weighted by Crippen LogP contribution is 2.30. The van der Waals surface area contributed by atoms with Crippen LogP contribution in [0.2, 0.25) is 0 Å². The highest BCUT2D eigenvalue weighted by molar-refractivity contribution is 5.92. The molecule has 0 atom stereocenters. The standard InChI is InChI=1S/C21H12F4N2O3/c22-17-7-4-14(27-11-26-18-8-3-13(20(28)29)9-19(18)27)10-16(17)12-1-5-15(6-2-12)30-21(23,24)25/h1-11H,(H,28,29). The molecule has 0 aliphatic carbocycles. The van der Waals surface area contributed by atoms with E-state index in [1.807, 2.05) is 0 Å². The number of aromatic carboxylic acids is 1. The smallest absolute Gasteiger partial charge is 0.478 e. The van der Waals surface area contributed by atoms with Crippen LogP contribution >= 0.6 is 0 Å². The van der Waals surface area contributed by atoms with Crippen molar-refractivity contribution in [3.63, 3.8) is 0 Å². The topological polar surface area (TPSA) is 64.3 Å². The molecule has 0 spiro atoms. The maximum absolute atomic E-state index is 14.4. The average Bonchev–Trinajstić information content (AvgIpc) is 3.11. The van der Waals surface area contributed by atoms with E-state index < -0.39 is 23.9 Å². The van der Waals surface area contributed by atoms with Crippen LogP contribution < -0.4 is 4.74 Å². The summed E-state index contributed by atoms with van der Waals surface area (Å²) in [5.41, 5.74) is 2.15. The first-order chi connectivity index (χ1) is 14.2. The minimum absolute atomic E-state index is 0.0758. The molecular formula is C21H12F4N2O3. The van der Waals surface area contributed by atoms with E-state index in [0.29, 0.717) is 22.3 Å². The molecule has 1 heterocycles. The van der Waals surface area contributed by atoms with Crippen LogP contribution in [-0.2, 0) is 0 Å². The molecule has 1 N–H and O–H groups in total. The van der Waals surface area contributed by atoms with E-state index in [4.69, 9.17) is 0 Å². The van der Waals surface area contributed by atoms with Gasteiger partial charge in [0.15, 0.2) is 0 Å². The Hall–Kier alpha value is -3.88. The Morgan fingerprint density at radius 3 is 2.40 bits per heavy atom. The van der Waals surface area contributed by atoms with Crippen molar-refractivity contribution in [2.75, 3.05) is 0 Å². The van der Waals surface area contributed by atoms with Gasteiger partial charge in [0.25, 0.3) is 0 Å². The van der Waals surface area contributed by atoms with Gasteiger partial charge in [-0.05, 0) is 54.1 Å². The number of alkyl halides is 3. The fourth-order valence-electron chi connectivity index (χ4n) is 3.07. The van der Waals surface area contributed by atoms with Crippen molar-refractivity contribution in [2.24, 2.45) is 0 Å². The molecule has 1 aromatic heterocycles. The molecule has 0 aliphatic heterocycles. The highest BCUT2D eigenvalue weighted by atomic mass is 19.4. The summed E-state index contributed by atoms with van der Waals surface area (Å²) in [5, 5.41) is 9.21. The van der Waals surface area contributed by atoms with Gasteiger partial charge in [-0.1, -0.05) is 12.1 Å². The number of rotatable bonds is 4. The Morgan fingerprint density at radius 1 is 1.00 bits per heavy atom. The summed E-state index contributed by atoms with van der Waals surface area (Å²) in [7, 11) is 0. The maximum atomic E-state index is 14.4. The summed E-state index contributed by atoms with van der Waals surface area (Å²) in [6.45, 7) is 0. The third-order valence-corrected chi connectivity index (χ3v) is 4.42. The van der Waals surface area contributed by atoms with Crippen molar-refractivity contribution in [3.8, 4) is 22.6 Å². The third kappa shape index (κ3) is 3.82. The summed E-state index contributed by atoms with van der Waals surface area (Å²) in [4.78, 5) is 15.5. The summed E-state index contributed by atoms with van der Waals surface area (Å²) >= 11 is 0.